The second-order valence-corrected chi connectivity index (χ2v) is 5.57. The van der Waals surface area contributed by atoms with E-state index in [0.717, 1.165) is 0 Å². The van der Waals surface area contributed by atoms with Gasteiger partial charge in [0.25, 0.3) is 0 Å². The summed E-state index contributed by atoms with van der Waals surface area (Å²) in [7, 11) is 1.63. The fourth-order valence-electron chi connectivity index (χ4n) is 2.69. The Labute approximate surface area is 139 Å². The number of nitrogens with zero attached hydrogens (tertiary/aromatic N) is 2. The quantitative estimate of drug-likeness (QED) is 0.830. The average Bonchev–Trinajstić information content (AvgIpc) is 2.89. The predicted molar refractivity (Wildman–Crippen MR) is 87.0 cm³/mol. The number of likely N-dealkylation sites (N-methyl/N-ethyl adjacent to an activating group) is 1. The van der Waals surface area contributed by atoms with Gasteiger partial charge in [0.05, 0.1) is 18.3 Å². The van der Waals surface area contributed by atoms with Gasteiger partial charge in [0, 0.05) is 13.1 Å². The van der Waals surface area contributed by atoms with Crippen LogP contribution in [-0.2, 0) is 9.59 Å². The molecule has 0 radical (unpaired) electrons. The van der Waals surface area contributed by atoms with Crippen LogP contribution >= 0.6 is 0 Å². The Hall–Kier alpha value is -2.48. The summed E-state index contributed by atoms with van der Waals surface area (Å²) < 4.78 is 13.9. The molecule has 1 aliphatic rings. The SMILES string of the molecule is CCNC(=O)NC(=O)CN(C)[C@H]1CCN(c2ccccc2F)C1=O. The van der Waals surface area contributed by atoms with Gasteiger partial charge in [-0.2, -0.15) is 0 Å². The molecule has 0 spiro atoms. The van der Waals surface area contributed by atoms with Crippen molar-refractivity contribution in [2.24, 2.45) is 0 Å². The summed E-state index contributed by atoms with van der Waals surface area (Å²) in [5, 5.41) is 4.64. The minimum absolute atomic E-state index is 0.0986. The molecule has 24 heavy (non-hydrogen) atoms. The smallest absolute Gasteiger partial charge is 0.321 e. The third-order valence-electron chi connectivity index (χ3n) is 3.84. The van der Waals surface area contributed by atoms with E-state index in [4.69, 9.17) is 0 Å². The van der Waals surface area contributed by atoms with Crippen molar-refractivity contribution in [3.8, 4) is 0 Å². The molecule has 130 valence electrons. The van der Waals surface area contributed by atoms with Crippen LogP contribution in [0.5, 0.6) is 0 Å². The van der Waals surface area contributed by atoms with Gasteiger partial charge in [0.15, 0.2) is 0 Å². The van der Waals surface area contributed by atoms with Crippen LogP contribution in [0.25, 0.3) is 0 Å². The standard InChI is InChI=1S/C16H21FN4O3/c1-3-18-16(24)19-14(22)10-20(2)13-8-9-21(15(13)23)12-7-5-4-6-11(12)17/h4-7,13H,3,8-10H2,1-2H3,(H2,18,19,22,24)/t13-/m0/s1. The summed E-state index contributed by atoms with van der Waals surface area (Å²) in [6, 6.07) is 5.00. The maximum atomic E-state index is 13.9. The number of halogens is 1. The first kappa shape index (κ1) is 17.9. The second kappa shape index (κ2) is 7.87. The number of carbonyl (C=O) groups is 3. The van der Waals surface area contributed by atoms with E-state index in [0.29, 0.717) is 19.5 Å². The number of nitrogens with one attached hydrogen (secondary N) is 2. The van der Waals surface area contributed by atoms with Gasteiger partial charge in [-0.3, -0.25) is 19.8 Å². The third kappa shape index (κ3) is 4.08. The molecule has 1 aliphatic heterocycles. The number of amides is 4. The molecule has 0 saturated carbocycles. The van der Waals surface area contributed by atoms with Crippen molar-refractivity contribution in [3.05, 3.63) is 30.1 Å². The van der Waals surface area contributed by atoms with Crippen molar-refractivity contribution in [1.82, 2.24) is 15.5 Å². The predicted octanol–water partition coefficient (Wildman–Crippen LogP) is 0.709. The lowest BCUT2D eigenvalue weighted by Gasteiger charge is -2.23. The first-order valence-corrected chi connectivity index (χ1v) is 7.77. The largest absolute Gasteiger partial charge is 0.338 e. The molecule has 1 atom stereocenters. The molecule has 0 aromatic heterocycles. The number of para-hydroxylation sites is 1. The fraction of sp³-hybridized carbons (Fsp3) is 0.438. The van der Waals surface area contributed by atoms with E-state index in [1.165, 1.54) is 11.0 Å². The summed E-state index contributed by atoms with van der Waals surface area (Å²) >= 11 is 0. The van der Waals surface area contributed by atoms with Crippen LogP contribution in [0.4, 0.5) is 14.9 Å². The molecule has 7 nitrogen and oxygen atoms in total. The highest BCUT2D eigenvalue weighted by Gasteiger charge is 2.36. The summed E-state index contributed by atoms with van der Waals surface area (Å²) in [5.41, 5.74) is 0.241. The van der Waals surface area contributed by atoms with Crippen LogP contribution in [0, 0.1) is 5.82 Å². The van der Waals surface area contributed by atoms with E-state index < -0.39 is 23.8 Å². The number of benzene rings is 1. The Kier molecular flexibility index (Phi) is 5.86. The van der Waals surface area contributed by atoms with Crippen LogP contribution in [0.2, 0.25) is 0 Å². The second-order valence-electron chi connectivity index (χ2n) is 5.57. The van der Waals surface area contributed by atoms with Gasteiger partial charge in [0.1, 0.15) is 5.82 Å². The van der Waals surface area contributed by atoms with Gasteiger partial charge < -0.3 is 10.2 Å². The molecule has 0 bridgehead atoms. The highest BCUT2D eigenvalue weighted by atomic mass is 19.1. The van der Waals surface area contributed by atoms with E-state index in [1.807, 2.05) is 0 Å². The number of anilines is 1. The molecular weight excluding hydrogens is 315 g/mol. The molecule has 1 fully saturated rings. The zero-order valence-electron chi connectivity index (χ0n) is 13.7. The summed E-state index contributed by atoms with van der Waals surface area (Å²) in [5.74, 6) is -1.21. The Bertz CT molecular complexity index is 638. The highest BCUT2D eigenvalue weighted by Crippen LogP contribution is 2.26. The lowest BCUT2D eigenvalue weighted by molar-refractivity contribution is -0.124. The number of hydrogen-bond donors (Lipinski definition) is 2. The minimum atomic E-state index is -0.568. The number of imide groups is 1. The van der Waals surface area contributed by atoms with Crippen LogP contribution < -0.4 is 15.5 Å². The van der Waals surface area contributed by atoms with Gasteiger partial charge >= 0.3 is 6.03 Å². The van der Waals surface area contributed by atoms with E-state index in [9.17, 15) is 18.8 Å². The molecule has 0 unspecified atom stereocenters. The zero-order valence-corrected chi connectivity index (χ0v) is 13.7. The van der Waals surface area contributed by atoms with Gasteiger partial charge in [-0.25, -0.2) is 9.18 Å². The molecule has 2 rings (SSSR count). The number of carbonyl (C=O) groups excluding carboxylic acids is 3. The van der Waals surface area contributed by atoms with Gasteiger partial charge in [-0.05, 0) is 32.5 Å². The van der Waals surface area contributed by atoms with E-state index in [2.05, 4.69) is 10.6 Å². The number of urea groups is 1. The first-order valence-electron chi connectivity index (χ1n) is 7.77. The third-order valence-corrected chi connectivity index (χ3v) is 3.84. The normalized spacial score (nSPS) is 17.2. The Morgan fingerprint density at radius 3 is 2.75 bits per heavy atom. The van der Waals surface area contributed by atoms with E-state index >= 15 is 0 Å². The van der Waals surface area contributed by atoms with Gasteiger partial charge in [-0.15, -0.1) is 0 Å². The molecule has 0 aliphatic carbocycles. The number of hydrogen-bond acceptors (Lipinski definition) is 4. The fourth-order valence-corrected chi connectivity index (χ4v) is 2.69. The molecule has 1 aromatic rings. The van der Waals surface area contributed by atoms with Crippen molar-refractivity contribution in [2.75, 3.05) is 31.6 Å². The van der Waals surface area contributed by atoms with Crippen molar-refractivity contribution in [3.63, 3.8) is 0 Å². The number of rotatable bonds is 5. The molecule has 8 heteroatoms. The van der Waals surface area contributed by atoms with E-state index in [1.54, 1.807) is 37.1 Å². The summed E-state index contributed by atoms with van der Waals surface area (Å²) in [4.78, 5) is 38.6. The molecule has 1 aromatic carbocycles. The van der Waals surface area contributed by atoms with Crippen molar-refractivity contribution in [2.45, 2.75) is 19.4 Å². The Balaban J connectivity index is 1.96. The van der Waals surface area contributed by atoms with Gasteiger partial charge in [0.2, 0.25) is 11.8 Å². The highest BCUT2D eigenvalue weighted by molar-refractivity contribution is 6.00. The lowest BCUT2D eigenvalue weighted by atomic mass is 10.2. The van der Waals surface area contributed by atoms with Crippen LogP contribution in [-0.4, -0.2) is 55.5 Å². The lowest BCUT2D eigenvalue weighted by Crippen LogP contribution is -2.47. The maximum absolute atomic E-state index is 13.9. The summed E-state index contributed by atoms with van der Waals surface area (Å²) in [6.07, 6.45) is 0.484. The van der Waals surface area contributed by atoms with E-state index in [-0.39, 0.29) is 18.1 Å². The molecule has 1 heterocycles. The molecule has 2 N–H and O–H groups in total. The van der Waals surface area contributed by atoms with Crippen molar-refractivity contribution < 1.29 is 18.8 Å². The zero-order chi connectivity index (χ0) is 17.7. The first-order chi connectivity index (χ1) is 11.4. The van der Waals surface area contributed by atoms with Crippen molar-refractivity contribution >= 4 is 23.5 Å². The topological polar surface area (TPSA) is 81.8 Å². The van der Waals surface area contributed by atoms with Crippen LogP contribution in [0.15, 0.2) is 24.3 Å². The minimum Gasteiger partial charge on any atom is -0.338 e. The average molecular weight is 336 g/mol. The molecule has 1 saturated heterocycles. The van der Waals surface area contributed by atoms with Crippen molar-refractivity contribution in [1.29, 1.82) is 0 Å². The summed E-state index contributed by atoms with van der Waals surface area (Å²) in [6.45, 7) is 2.43. The van der Waals surface area contributed by atoms with Gasteiger partial charge in [-0.1, -0.05) is 12.1 Å². The Morgan fingerprint density at radius 2 is 2.08 bits per heavy atom. The Morgan fingerprint density at radius 1 is 1.38 bits per heavy atom. The molecule has 4 amide bonds. The monoisotopic (exact) mass is 336 g/mol. The molecular formula is C16H21FN4O3. The van der Waals surface area contributed by atoms with Crippen LogP contribution in [0.1, 0.15) is 13.3 Å². The maximum Gasteiger partial charge on any atom is 0.321 e. The van der Waals surface area contributed by atoms with Crippen LogP contribution in [0.3, 0.4) is 0 Å².